The van der Waals surface area contributed by atoms with Crippen molar-refractivity contribution in [3.63, 3.8) is 0 Å². The minimum absolute atomic E-state index is 0.118. The SMILES string of the molecule is O=C(Nc1ccc(S(=O)(=O)Nc2nccs2)cc1)[C@](F)(Cl)C(F)(F)F. The third kappa shape index (κ3) is 4.38. The molecule has 0 aliphatic carbocycles. The largest absolute Gasteiger partial charge is 0.446 e. The van der Waals surface area contributed by atoms with E-state index in [1.54, 1.807) is 10.7 Å². The Labute approximate surface area is 147 Å². The van der Waals surface area contributed by atoms with Crippen molar-refractivity contribution < 1.29 is 30.8 Å². The van der Waals surface area contributed by atoms with E-state index in [1.807, 2.05) is 0 Å². The zero-order valence-corrected chi connectivity index (χ0v) is 14.2. The minimum atomic E-state index is -5.61. The van der Waals surface area contributed by atoms with Crippen LogP contribution in [0.15, 0.2) is 40.7 Å². The van der Waals surface area contributed by atoms with Gasteiger partial charge in [0.05, 0.1) is 4.90 Å². The Morgan fingerprint density at radius 3 is 2.24 bits per heavy atom. The molecule has 0 unspecified atom stereocenters. The maximum atomic E-state index is 13.3. The molecular formula is C12H8ClF4N3O3S2. The third-order valence-electron chi connectivity index (χ3n) is 2.72. The molecule has 1 heterocycles. The van der Waals surface area contributed by atoms with Crippen molar-refractivity contribution in [1.82, 2.24) is 4.98 Å². The first-order valence-corrected chi connectivity index (χ1v) is 8.96. The van der Waals surface area contributed by atoms with Crippen molar-refractivity contribution in [3.8, 4) is 0 Å². The van der Waals surface area contributed by atoms with E-state index < -0.39 is 27.2 Å². The molecule has 0 aliphatic heterocycles. The average Bonchev–Trinajstić information content (AvgIpc) is 2.98. The lowest BCUT2D eigenvalue weighted by Gasteiger charge is -2.20. The van der Waals surface area contributed by atoms with Crippen LogP contribution >= 0.6 is 22.9 Å². The van der Waals surface area contributed by atoms with E-state index in [9.17, 15) is 30.8 Å². The van der Waals surface area contributed by atoms with Gasteiger partial charge in [-0.05, 0) is 24.3 Å². The summed E-state index contributed by atoms with van der Waals surface area (Å²) in [5.74, 6) is -2.14. The number of halogens is 5. The molecule has 0 saturated heterocycles. The van der Waals surface area contributed by atoms with Crippen LogP contribution in [0.1, 0.15) is 0 Å². The molecule has 1 amide bonds. The van der Waals surface area contributed by atoms with Gasteiger partial charge in [0.2, 0.25) is 0 Å². The maximum Gasteiger partial charge on any atom is 0.446 e. The highest BCUT2D eigenvalue weighted by Gasteiger charge is 2.61. The predicted molar refractivity (Wildman–Crippen MR) is 83.7 cm³/mol. The lowest BCUT2D eigenvalue weighted by Crippen LogP contribution is -2.46. The van der Waals surface area contributed by atoms with Crippen molar-refractivity contribution in [3.05, 3.63) is 35.8 Å². The van der Waals surface area contributed by atoms with Gasteiger partial charge in [0, 0.05) is 17.3 Å². The summed E-state index contributed by atoms with van der Waals surface area (Å²) in [6, 6.07) is 3.98. The molecule has 0 fully saturated rings. The van der Waals surface area contributed by atoms with E-state index >= 15 is 0 Å². The van der Waals surface area contributed by atoms with Crippen molar-refractivity contribution in [2.24, 2.45) is 0 Å². The first-order valence-electron chi connectivity index (χ1n) is 6.22. The predicted octanol–water partition coefficient (Wildman–Crippen LogP) is 3.35. The Morgan fingerprint density at radius 2 is 1.76 bits per heavy atom. The Kier molecular flexibility index (Phi) is 5.25. The van der Waals surface area contributed by atoms with E-state index in [4.69, 9.17) is 0 Å². The molecular weight excluding hydrogens is 410 g/mol. The van der Waals surface area contributed by atoms with E-state index in [0.717, 1.165) is 35.6 Å². The van der Waals surface area contributed by atoms with Gasteiger partial charge in [-0.3, -0.25) is 9.52 Å². The zero-order valence-electron chi connectivity index (χ0n) is 11.8. The van der Waals surface area contributed by atoms with E-state index in [0.29, 0.717) is 0 Å². The summed E-state index contributed by atoms with van der Waals surface area (Å²) in [6.45, 7) is 0. The van der Waals surface area contributed by atoms with Gasteiger partial charge in [-0.25, -0.2) is 17.8 Å². The van der Waals surface area contributed by atoms with Crippen molar-refractivity contribution in [2.75, 3.05) is 10.0 Å². The molecule has 0 spiro atoms. The monoisotopic (exact) mass is 417 g/mol. The van der Waals surface area contributed by atoms with Gasteiger partial charge in [0.25, 0.3) is 15.9 Å². The zero-order chi connectivity index (χ0) is 18.9. The van der Waals surface area contributed by atoms with Crippen molar-refractivity contribution >= 4 is 49.7 Å². The average molecular weight is 418 g/mol. The number of nitrogens with zero attached hydrogens (tertiary/aromatic N) is 1. The number of carbonyl (C=O) groups excluding carboxylic acids is 1. The number of carbonyl (C=O) groups is 1. The maximum absolute atomic E-state index is 13.3. The van der Waals surface area contributed by atoms with E-state index in [2.05, 4.69) is 21.3 Å². The molecule has 25 heavy (non-hydrogen) atoms. The van der Waals surface area contributed by atoms with Crippen LogP contribution in [0.4, 0.5) is 28.4 Å². The highest BCUT2D eigenvalue weighted by atomic mass is 35.5. The third-order valence-corrected chi connectivity index (χ3v) is 5.28. The molecule has 0 saturated carbocycles. The molecule has 136 valence electrons. The van der Waals surface area contributed by atoms with Crippen LogP contribution in [-0.2, 0) is 14.8 Å². The van der Waals surface area contributed by atoms with Gasteiger partial charge in [-0.15, -0.1) is 11.3 Å². The van der Waals surface area contributed by atoms with Crippen LogP contribution in [-0.4, -0.2) is 30.6 Å². The molecule has 2 N–H and O–H groups in total. The lowest BCUT2D eigenvalue weighted by molar-refractivity contribution is -0.197. The summed E-state index contributed by atoms with van der Waals surface area (Å²) < 4.78 is 76.6. The first kappa shape index (κ1) is 19.4. The number of hydrogen-bond donors (Lipinski definition) is 2. The topological polar surface area (TPSA) is 88.2 Å². The molecule has 0 aliphatic rings. The summed E-state index contributed by atoms with van der Waals surface area (Å²) in [6.07, 6.45) is -4.23. The fraction of sp³-hybridized carbons (Fsp3) is 0.167. The molecule has 0 bridgehead atoms. The van der Waals surface area contributed by atoms with E-state index in [-0.39, 0.29) is 15.7 Å². The van der Waals surface area contributed by atoms with Crippen LogP contribution < -0.4 is 10.0 Å². The van der Waals surface area contributed by atoms with Crippen LogP contribution in [0.5, 0.6) is 0 Å². The lowest BCUT2D eigenvalue weighted by atomic mass is 10.3. The number of thiazole rings is 1. The highest BCUT2D eigenvalue weighted by Crippen LogP contribution is 2.38. The molecule has 0 radical (unpaired) electrons. The second-order valence-electron chi connectivity index (χ2n) is 4.49. The number of nitrogens with one attached hydrogen (secondary N) is 2. The molecule has 6 nitrogen and oxygen atoms in total. The fourth-order valence-electron chi connectivity index (χ4n) is 1.50. The minimum Gasteiger partial charge on any atom is -0.322 e. The number of amides is 1. The second kappa shape index (κ2) is 6.77. The number of aromatic nitrogens is 1. The molecule has 2 aromatic rings. The number of benzene rings is 1. The van der Waals surface area contributed by atoms with Crippen molar-refractivity contribution in [2.45, 2.75) is 16.2 Å². The van der Waals surface area contributed by atoms with Gasteiger partial charge < -0.3 is 5.32 Å². The Balaban J connectivity index is 2.14. The molecule has 2 rings (SSSR count). The number of anilines is 2. The molecule has 1 aromatic carbocycles. The highest BCUT2D eigenvalue weighted by molar-refractivity contribution is 7.93. The van der Waals surface area contributed by atoms with Gasteiger partial charge in [0.1, 0.15) is 0 Å². The Morgan fingerprint density at radius 1 is 1.16 bits per heavy atom. The number of alkyl halides is 5. The summed E-state index contributed by atoms with van der Waals surface area (Å²) in [5, 5.41) is -1.32. The summed E-state index contributed by atoms with van der Waals surface area (Å²) in [4.78, 5) is 14.8. The van der Waals surface area contributed by atoms with Gasteiger partial charge in [-0.2, -0.15) is 13.2 Å². The first-order chi connectivity index (χ1) is 11.4. The van der Waals surface area contributed by atoms with Gasteiger partial charge >= 0.3 is 11.3 Å². The Bertz CT molecular complexity index is 853. The number of rotatable bonds is 5. The van der Waals surface area contributed by atoms with Crippen LogP contribution in [0, 0.1) is 0 Å². The number of hydrogen-bond acceptors (Lipinski definition) is 5. The van der Waals surface area contributed by atoms with Crippen LogP contribution in [0.2, 0.25) is 0 Å². The van der Waals surface area contributed by atoms with Crippen molar-refractivity contribution in [1.29, 1.82) is 0 Å². The number of sulfonamides is 1. The van der Waals surface area contributed by atoms with Crippen LogP contribution in [0.3, 0.4) is 0 Å². The summed E-state index contributed by atoms with van der Waals surface area (Å²) >= 11 is 5.62. The molecule has 13 heteroatoms. The second-order valence-corrected chi connectivity index (χ2v) is 7.59. The summed E-state index contributed by atoms with van der Waals surface area (Å²) in [5.41, 5.74) is -0.273. The normalized spacial score (nSPS) is 14.6. The molecule has 1 aromatic heterocycles. The van der Waals surface area contributed by atoms with Gasteiger partial charge in [-0.1, -0.05) is 11.6 Å². The Hall–Kier alpha value is -1.92. The standard InChI is InChI=1S/C12H8ClF4N3O3S2/c13-11(14,12(15,16)17)9(21)19-7-1-3-8(4-2-7)25(22,23)20-10-18-5-6-24-10/h1-6H,(H,18,20)(H,19,21)/t11-/m1/s1. The van der Waals surface area contributed by atoms with E-state index in [1.165, 1.54) is 6.20 Å². The summed E-state index contributed by atoms with van der Waals surface area (Å²) in [7, 11) is -3.98. The smallest absolute Gasteiger partial charge is 0.322 e. The van der Waals surface area contributed by atoms with Gasteiger partial charge in [0.15, 0.2) is 5.13 Å². The molecule has 1 atom stereocenters. The fourth-order valence-corrected chi connectivity index (χ4v) is 3.34. The quantitative estimate of drug-likeness (QED) is 0.577. The van der Waals surface area contributed by atoms with Crippen LogP contribution in [0.25, 0.3) is 0 Å².